The van der Waals surface area contributed by atoms with Gasteiger partial charge in [0, 0.05) is 15.5 Å². The lowest BCUT2D eigenvalue weighted by atomic mass is 10.1. The van der Waals surface area contributed by atoms with Gasteiger partial charge in [-0.2, -0.15) is 4.99 Å². The molecule has 0 saturated heterocycles. The van der Waals surface area contributed by atoms with E-state index < -0.39 is 0 Å². The number of aliphatic imine (C=N–C) groups is 1. The maximum absolute atomic E-state index is 12.3. The molecule has 2 rings (SSSR count). The molecule has 0 aliphatic heterocycles. The Balaban J connectivity index is 2.45. The molecular formula is C13H8ClNOS2. The molecule has 0 fully saturated rings. The van der Waals surface area contributed by atoms with Gasteiger partial charge in [-0.25, -0.2) is 0 Å². The van der Waals surface area contributed by atoms with Gasteiger partial charge >= 0.3 is 0 Å². The van der Waals surface area contributed by atoms with Crippen LogP contribution in [0.1, 0.15) is 20.8 Å². The largest absolute Gasteiger partial charge is 0.288 e. The molecule has 0 bridgehead atoms. The highest BCUT2D eigenvalue weighted by molar-refractivity contribution is 7.78. The Morgan fingerprint density at radius 1 is 1.39 bits per heavy atom. The summed E-state index contributed by atoms with van der Waals surface area (Å²) in [5.74, 6) is -0.0833. The average molecular weight is 294 g/mol. The van der Waals surface area contributed by atoms with Gasteiger partial charge in [-0.05, 0) is 49.5 Å². The van der Waals surface area contributed by atoms with E-state index in [0.29, 0.717) is 21.2 Å². The third-order valence-electron chi connectivity index (χ3n) is 2.33. The fourth-order valence-corrected chi connectivity index (χ4v) is 2.66. The summed E-state index contributed by atoms with van der Waals surface area (Å²) in [7, 11) is 0. The van der Waals surface area contributed by atoms with Gasteiger partial charge in [0.2, 0.25) is 0 Å². The van der Waals surface area contributed by atoms with Crippen LogP contribution in [0.5, 0.6) is 0 Å². The molecule has 1 aromatic carbocycles. The van der Waals surface area contributed by atoms with E-state index in [1.54, 1.807) is 24.3 Å². The van der Waals surface area contributed by atoms with Crippen molar-refractivity contribution in [2.24, 2.45) is 4.99 Å². The number of aryl methyl sites for hydroxylation is 1. The molecule has 0 aliphatic carbocycles. The van der Waals surface area contributed by atoms with E-state index in [-0.39, 0.29) is 5.78 Å². The summed E-state index contributed by atoms with van der Waals surface area (Å²) in [4.78, 5) is 17.2. The summed E-state index contributed by atoms with van der Waals surface area (Å²) >= 11 is 11.8. The lowest BCUT2D eigenvalue weighted by Gasteiger charge is -1.99. The van der Waals surface area contributed by atoms with Crippen molar-refractivity contribution in [2.75, 3.05) is 0 Å². The minimum atomic E-state index is -0.0833. The molecule has 0 amide bonds. The van der Waals surface area contributed by atoms with Gasteiger partial charge in [0.1, 0.15) is 5.00 Å². The number of benzene rings is 1. The van der Waals surface area contributed by atoms with E-state index in [1.165, 1.54) is 11.3 Å². The second-order valence-electron chi connectivity index (χ2n) is 3.61. The first-order valence-electron chi connectivity index (χ1n) is 5.10. The van der Waals surface area contributed by atoms with Gasteiger partial charge in [0.25, 0.3) is 0 Å². The van der Waals surface area contributed by atoms with Crippen molar-refractivity contribution in [1.82, 2.24) is 0 Å². The molecule has 2 aromatic rings. The minimum Gasteiger partial charge on any atom is -0.288 e. The van der Waals surface area contributed by atoms with E-state index in [2.05, 4.69) is 22.4 Å². The van der Waals surface area contributed by atoms with E-state index in [0.717, 1.165) is 4.88 Å². The van der Waals surface area contributed by atoms with Crippen molar-refractivity contribution in [2.45, 2.75) is 6.92 Å². The Morgan fingerprint density at radius 2 is 2.06 bits per heavy atom. The number of nitrogens with zero attached hydrogens (tertiary/aromatic N) is 1. The summed E-state index contributed by atoms with van der Waals surface area (Å²) < 4.78 is 0. The smallest absolute Gasteiger partial charge is 0.196 e. The van der Waals surface area contributed by atoms with E-state index in [9.17, 15) is 4.79 Å². The molecular weight excluding hydrogens is 286 g/mol. The molecule has 0 N–H and O–H groups in total. The predicted molar refractivity (Wildman–Crippen MR) is 78.6 cm³/mol. The first kappa shape index (κ1) is 13.1. The van der Waals surface area contributed by atoms with Crippen LogP contribution < -0.4 is 0 Å². The molecule has 0 unspecified atom stereocenters. The molecule has 1 heterocycles. The number of carbonyl (C=O) groups is 1. The normalized spacial score (nSPS) is 9.89. The van der Waals surface area contributed by atoms with Crippen molar-refractivity contribution in [3.63, 3.8) is 0 Å². The third kappa shape index (κ3) is 2.74. The van der Waals surface area contributed by atoms with Crippen molar-refractivity contribution >= 4 is 51.1 Å². The fourth-order valence-electron chi connectivity index (χ4n) is 1.55. The molecule has 5 heteroatoms. The van der Waals surface area contributed by atoms with Crippen LogP contribution in [0.3, 0.4) is 0 Å². The molecule has 2 nitrogen and oxygen atoms in total. The molecule has 0 aliphatic rings. The van der Waals surface area contributed by atoms with Gasteiger partial charge in [-0.15, -0.1) is 11.3 Å². The van der Waals surface area contributed by atoms with Gasteiger partial charge in [0.15, 0.2) is 5.78 Å². The maximum Gasteiger partial charge on any atom is 0.196 e. The van der Waals surface area contributed by atoms with Gasteiger partial charge < -0.3 is 0 Å². The van der Waals surface area contributed by atoms with Crippen molar-refractivity contribution < 1.29 is 4.79 Å². The number of ketones is 1. The zero-order chi connectivity index (χ0) is 13.1. The van der Waals surface area contributed by atoms with Crippen LogP contribution in [0.15, 0.2) is 35.3 Å². The lowest BCUT2D eigenvalue weighted by molar-refractivity contribution is 0.104. The predicted octanol–water partition coefficient (Wildman–Crippen LogP) is 4.68. The van der Waals surface area contributed by atoms with Crippen LogP contribution in [0.2, 0.25) is 5.02 Å². The van der Waals surface area contributed by atoms with Crippen LogP contribution in [0.4, 0.5) is 5.00 Å². The van der Waals surface area contributed by atoms with Gasteiger partial charge in [0.05, 0.1) is 10.7 Å². The van der Waals surface area contributed by atoms with Crippen LogP contribution in [0, 0.1) is 6.92 Å². The lowest BCUT2D eigenvalue weighted by Crippen LogP contribution is -1.99. The second kappa shape index (κ2) is 5.55. The number of halogens is 1. The highest BCUT2D eigenvalue weighted by atomic mass is 35.5. The number of isothiocyanates is 1. The minimum absolute atomic E-state index is 0.0833. The quantitative estimate of drug-likeness (QED) is 0.467. The number of carbonyl (C=O) groups excluding carboxylic acids is 1. The fraction of sp³-hybridized carbons (Fsp3) is 0.0769. The average Bonchev–Trinajstić information content (AvgIpc) is 2.71. The number of thiocarbonyl (C=S) groups is 1. The van der Waals surface area contributed by atoms with Crippen LogP contribution in [0.25, 0.3) is 0 Å². The van der Waals surface area contributed by atoms with Crippen LogP contribution in [-0.4, -0.2) is 10.9 Å². The monoisotopic (exact) mass is 293 g/mol. The Hall–Kier alpha value is -1.32. The first-order chi connectivity index (χ1) is 8.61. The summed E-state index contributed by atoms with van der Waals surface area (Å²) in [6, 6.07) is 8.59. The van der Waals surface area contributed by atoms with Gasteiger partial charge in [-0.1, -0.05) is 11.6 Å². The SMILES string of the molecule is Cc1cc(C(=O)c2ccc(Cl)cc2)c(N=C=S)s1. The highest BCUT2D eigenvalue weighted by Crippen LogP contribution is 2.31. The number of rotatable bonds is 3. The van der Waals surface area contributed by atoms with E-state index >= 15 is 0 Å². The summed E-state index contributed by atoms with van der Waals surface area (Å²) in [6.45, 7) is 1.92. The molecule has 0 spiro atoms. The topological polar surface area (TPSA) is 29.4 Å². The molecule has 1 aromatic heterocycles. The van der Waals surface area contributed by atoms with Crippen LogP contribution >= 0.6 is 35.2 Å². The molecule has 90 valence electrons. The number of thiophene rings is 1. The van der Waals surface area contributed by atoms with Crippen molar-refractivity contribution in [3.8, 4) is 0 Å². The number of hydrogen-bond acceptors (Lipinski definition) is 4. The Bertz CT molecular complexity index is 640. The molecule has 18 heavy (non-hydrogen) atoms. The standard InChI is InChI=1S/C13H8ClNOS2/c1-8-6-11(13(18-8)15-7-17)12(16)9-2-4-10(14)5-3-9/h2-6H,1H3. The number of hydrogen-bond donors (Lipinski definition) is 0. The van der Waals surface area contributed by atoms with Gasteiger partial charge in [-0.3, -0.25) is 4.79 Å². The van der Waals surface area contributed by atoms with E-state index in [4.69, 9.17) is 11.6 Å². The highest BCUT2D eigenvalue weighted by Gasteiger charge is 2.16. The molecule has 0 saturated carbocycles. The molecule has 0 radical (unpaired) electrons. The maximum atomic E-state index is 12.3. The zero-order valence-electron chi connectivity index (χ0n) is 9.44. The van der Waals surface area contributed by atoms with Crippen molar-refractivity contribution in [3.05, 3.63) is 51.4 Å². The first-order valence-corrected chi connectivity index (χ1v) is 6.70. The summed E-state index contributed by atoms with van der Waals surface area (Å²) in [6.07, 6.45) is 0. The summed E-state index contributed by atoms with van der Waals surface area (Å²) in [5.41, 5.74) is 1.13. The van der Waals surface area contributed by atoms with E-state index in [1.807, 2.05) is 13.0 Å². The Kier molecular flexibility index (Phi) is 4.04. The second-order valence-corrected chi connectivity index (χ2v) is 5.47. The summed E-state index contributed by atoms with van der Waals surface area (Å²) in [5, 5.41) is 3.50. The Labute approximate surface area is 119 Å². The molecule has 0 atom stereocenters. The zero-order valence-corrected chi connectivity index (χ0v) is 11.8. The Morgan fingerprint density at radius 3 is 2.67 bits per heavy atom. The van der Waals surface area contributed by atoms with Crippen LogP contribution in [-0.2, 0) is 0 Å². The van der Waals surface area contributed by atoms with Crippen molar-refractivity contribution in [1.29, 1.82) is 0 Å². The third-order valence-corrected chi connectivity index (χ3v) is 3.62.